The van der Waals surface area contributed by atoms with Crippen LogP contribution in [0.1, 0.15) is 25.3 Å². The van der Waals surface area contributed by atoms with E-state index in [0.717, 1.165) is 12.0 Å². The number of ether oxygens (including phenoxy) is 2. The Balaban J connectivity index is 1.82. The smallest absolute Gasteiger partial charge is 0.314 e. The van der Waals surface area contributed by atoms with Gasteiger partial charge in [-0.15, -0.1) is 0 Å². The van der Waals surface area contributed by atoms with Crippen LogP contribution in [0.4, 0.5) is 4.79 Å². The van der Waals surface area contributed by atoms with Gasteiger partial charge in [0.2, 0.25) is 5.91 Å². The Morgan fingerprint density at radius 2 is 1.96 bits per heavy atom. The molecule has 1 aromatic carbocycles. The van der Waals surface area contributed by atoms with Crippen molar-refractivity contribution in [3.05, 3.63) is 35.8 Å². The molecule has 0 fully saturated rings. The molecule has 1 aliphatic heterocycles. The van der Waals surface area contributed by atoms with Gasteiger partial charge in [0.25, 0.3) is 0 Å². The van der Waals surface area contributed by atoms with Crippen molar-refractivity contribution in [2.45, 2.75) is 26.2 Å². The summed E-state index contributed by atoms with van der Waals surface area (Å²) in [5, 5.41) is 5.47. The summed E-state index contributed by atoms with van der Waals surface area (Å²) in [4.78, 5) is 22.3. The van der Waals surface area contributed by atoms with Gasteiger partial charge >= 0.3 is 6.03 Å². The molecule has 23 heavy (non-hydrogen) atoms. The Bertz CT molecular complexity index is 613. The molecule has 0 bridgehead atoms. The van der Waals surface area contributed by atoms with Crippen LogP contribution in [0.2, 0.25) is 0 Å². The molecule has 0 atom stereocenters. The molecule has 0 saturated carbocycles. The van der Waals surface area contributed by atoms with E-state index in [-0.39, 0.29) is 12.5 Å². The van der Waals surface area contributed by atoms with Gasteiger partial charge in [-0.25, -0.2) is 4.79 Å². The third kappa shape index (κ3) is 5.21. The van der Waals surface area contributed by atoms with Gasteiger partial charge in [-0.3, -0.25) is 4.79 Å². The average molecular weight is 319 g/mol. The largest absolute Gasteiger partial charge is 0.458 e. The molecule has 7 heteroatoms. The second-order valence-electron chi connectivity index (χ2n) is 5.16. The number of primary amides is 1. The second kappa shape index (κ2) is 8.07. The van der Waals surface area contributed by atoms with Crippen LogP contribution < -0.4 is 25.8 Å². The summed E-state index contributed by atoms with van der Waals surface area (Å²) in [6.07, 6.45) is 3.07. The molecule has 0 unspecified atom stereocenters. The van der Waals surface area contributed by atoms with Crippen LogP contribution in [-0.4, -0.2) is 25.0 Å². The van der Waals surface area contributed by atoms with E-state index in [4.69, 9.17) is 15.2 Å². The predicted molar refractivity (Wildman–Crippen MR) is 85.0 cm³/mol. The molecule has 2 rings (SSSR count). The van der Waals surface area contributed by atoms with Crippen molar-refractivity contribution in [2.24, 2.45) is 5.73 Å². The molecule has 4 N–H and O–H groups in total. The number of rotatable bonds is 7. The van der Waals surface area contributed by atoms with Crippen LogP contribution in [0.3, 0.4) is 0 Å². The third-order valence-electron chi connectivity index (χ3n) is 3.14. The number of nitrogens with two attached hydrogens (primary N) is 1. The van der Waals surface area contributed by atoms with E-state index in [1.807, 2.05) is 6.92 Å². The quantitative estimate of drug-likeness (QED) is 0.707. The van der Waals surface area contributed by atoms with E-state index in [9.17, 15) is 9.59 Å². The van der Waals surface area contributed by atoms with E-state index >= 15 is 0 Å². The average Bonchev–Trinajstić information content (AvgIpc) is 2.52. The first-order valence-electron chi connectivity index (χ1n) is 7.55. The van der Waals surface area contributed by atoms with Crippen molar-refractivity contribution in [3.8, 4) is 11.5 Å². The molecule has 1 aliphatic rings. The lowest BCUT2D eigenvalue weighted by Crippen LogP contribution is -2.36. The number of urea groups is 1. The molecular weight excluding hydrogens is 298 g/mol. The Morgan fingerprint density at radius 3 is 2.70 bits per heavy atom. The zero-order valence-corrected chi connectivity index (χ0v) is 13.1. The fraction of sp³-hybridized carbons (Fsp3) is 0.375. The highest BCUT2D eigenvalue weighted by molar-refractivity contribution is 5.77. The van der Waals surface area contributed by atoms with Gasteiger partial charge in [-0.1, -0.05) is 13.0 Å². The van der Waals surface area contributed by atoms with Crippen LogP contribution >= 0.6 is 0 Å². The summed E-state index contributed by atoms with van der Waals surface area (Å²) in [7, 11) is 0. The molecule has 124 valence electrons. The van der Waals surface area contributed by atoms with Crippen molar-refractivity contribution >= 4 is 11.9 Å². The Hall–Kier alpha value is -2.70. The number of fused-ring (bicyclic) bond motifs is 1. The standard InChI is InChI=1S/C16H21N3O4/c1-2-6-18-16(21)19-7-5-12-10-22-14-8-11(9-15(17)20)3-4-13(14)23-12/h3-4,8,10H,2,5-7,9H2,1H3,(H2,17,20)(H2,18,19,21). The summed E-state index contributed by atoms with van der Waals surface area (Å²) in [5.41, 5.74) is 5.94. The molecule has 0 saturated heterocycles. The lowest BCUT2D eigenvalue weighted by atomic mass is 10.1. The summed E-state index contributed by atoms with van der Waals surface area (Å²) in [6.45, 7) is 3.08. The Labute approximate surface area is 134 Å². The SMILES string of the molecule is CCCNC(=O)NCCC1=COc2cc(CC(N)=O)ccc2O1. The van der Waals surface area contributed by atoms with E-state index in [1.54, 1.807) is 18.2 Å². The molecule has 1 aromatic rings. The number of carbonyl (C=O) groups excluding carboxylic acids is 2. The van der Waals surface area contributed by atoms with E-state index in [0.29, 0.717) is 36.8 Å². The predicted octanol–water partition coefficient (Wildman–Crippen LogP) is 1.43. The molecule has 7 nitrogen and oxygen atoms in total. The molecule has 1 heterocycles. The van der Waals surface area contributed by atoms with Gasteiger partial charge < -0.3 is 25.8 Å². The molecule has 0 aromatic heterocycles. The van der Waals surface area contributed by atoms with Crippen LogP contribution in [0, 0.1) is 0 Å². The number of carbonyl (C=O) groups is 2. The normalized spacial score (nSPS) is 12.3. The zero-order valence-electron chi connectivity index (χ0n) is 13.1. The lowest BCUT2D eigenvalue weighted by molar-refractivity contribution is -0.117. The van der Waals surface area contributed by atoms with E-state index in [2.05, 4.69) is 10.6 Å². The van der Waals surface area contributed by atoms with Gasteiger partial charge in [0, 0.05) is 19.5 Å². The lowest BCUT2D eigenvalue weighted by Gasteiger charge is -2.19. The molecular formula is C16H21N3O4. The molecule has 0 spiro atoms. The fourth-order valence-corrected chi connectivity index (χ4v) is 2.04. The van der Waals surface area contributed by atoms with Gasteiger partial charge in [0.1, 0.15) is 12.0 Å². The monoisotopic (exact) mass is 319 g/mol. The van der Waals surface area contributed by atoms with Gasteiger partial charge in [0.05, 0.1) is 6.42 Å². The maximum Gasteiger partial charge on any atom is 0.314 e. The first kappa shape index (κ1) is 16.7. The summed E-state index contributed by atoms with van der Waals surface area (Å²) >= 11 is 0. The Kier molecular flexibility index (Phi) is 5.85. The van der Waals surface area contributed by atoms with Gasteiger partial charge in [0.15, 0.2) is 11.5 Å². The number of nitrogens with one attached hydrogen (secondary N) is 2. The van der Waals surface area contributed by atoms with Crippen LogP contribution in [0.15, 0.2) is 30.2 Å². The topological polar surface area (TPSA) is 103 Å². The molecule has 0 aliphatic carbocycles. The van der Waals surface area contributed by atoms with Gasteiger partial charge in [-0.2, -0.15) is 0 Å². The fourth-order valence-electron chi connectivity index (χ4n) is 2.04. The summed E-state index contributed by atoms with van der Waals surface area (Å²) in [6, 6.07) is 5.04. The number of hydrogen-bond donors (Lipinski definition) is 3. The maximum atomic E-state index is 11.4. The van der Waals surface area contributed by atoms with Crippen molar-refractivity contribution < 1.29 is 19.1 Å². The highest BCUT2D eigenvalue weighted by atomic mass is 16.6. The minimum atomic E-state index is -0.398. The van der Waals surface area contributed by atoms with Crippen molar-refractivity contribution in [2.75, 3.05) is 13.1 Å². The van der Waals surface area contributed by atoms with E-state index in [1.165, 1.54) is 6.26 Å². The maximum absolute atomic E-state index is 11.4. The first-order chi connectivity index (χ1) is 11.1. The number of hydrogen-bond acceptors (Lipinski definition) is 4. The summed E-state index contributed by atoms with van der Waals surface area (Å²) < 4.78 is 11.2. The summed E-state index contributed by atoms with van der Waals surface area (Å²) in [5.74, 6) is 1.34. The number of amides is 3. The van der Waals surface area contributed by atoms with Crippen LogP contribution in [0.25, 0.3) is 0 Å². The van der Waals surface area contributed by atoms with Crippen molar-refractivity contribution in [1.82, 2.24) is 10.6 Å². The van der Waals surface area contributed by atoms with Crippen LogP contribution in [0.5, 0.6) is 11.5 Å². The van der Waals surface area contributed by atoms with E-state index < -0.39 is 5.91 Å². The van der Waals surface area contributed by atoms with Gasteiger partial charge in [-0.05, 0) is 24.1 Å². The highest BCUT2D eigenvalue weighted by Crippen LogP contribution is 2.34. The van der Waals surface area contributed by atoms with Crippen molar-refractivity contribution in [3.63, 3.8) is 0 Å². The van der Waals surface area contributed by atoms with Crippen molar-refractivity contribution in [1.29, 1.82) is 0 Å². The number of benzene rings is 1. The molecule has 3 amide bonds. The highest BCUT2D eigenvalue weighted by Gasteiger charge is 2.15. The second-order valence-corrected chi connectivity index (χ2v) is 5.16. The zero-order chi connectivity index (χ0) is 16.7. The Morgan fingerprint density at radius 1 is 1.17 bits per heavy atom. The molecule has 0 radical (unpaired) electrons. The first-order valence-corrected chi connectivity index (χ1v) is 7.55. The minimum Gasteiger partial charge on any atom is -0.458 e. The van der Waals surface area contributed by atoms with Crippen LogP contribution in [-0.2, 0) is 11.2 Å². The minimum absolute atomic E-state index is 0.157. The third-order valence-corrected chi connectivity index (χ3v) is 3.14.